The third-order valence-corrected chi connectivity index (χ3v) is 3.96. The van der Waals surface area contributed by atoms with E-state index in [1.54, 1.807) is 0 Å². The minimum Gasteiger partial charge on any atom is -0.494 e. The molecule has 1 amide bonds. The molecule has 1 aromatic carbocycles. The smallest absolute Gasteiger partial charge is 0.224 e. The first kappa shape index (κ1) is 16.3. The van der Waals surface area contributed by atoms with Gasteiger partial charge in [0.1, 0.15) is 5.75 Å². The van der Waals surface area contributed by atoms with Crippen LogP contribution in [0.25, 0.3) is 0 Å². The number of amides is 1. The molecule has 116 valence electrons. The van der Waals surface area contributed by atoms with Gasteiger partial charge in [-0.2, -0.15) is 0 Å². The van der Waals surface area contributed by atoms with Crippen molar-refractivity contribution in [1.29, 1.82) is 0 Å². The number of rotatable bonds is 7. The van der Waals surface area contributed by atoms with Crippen LogP contribution in [0.15, 0.2) is 22.7 Å². The predicted octanol–water partition coefficient (Wildman–Crippen LogP) is 3.08. The van der Waals surface area contributed by atoms with Crippen LogP contribution < -0.4 is 10.5 Å². The van der Waals surface area contributed by atoms with Gasteiger partial charge in [-0.05, 0) is 44.9 Å². The Hall–Kier alpha value is -1.07. The zero-order chi connectivity index (χ0) is 15.4. The predicted molar refractivity (Wildman–Crippen MR) is 87.1 cm³/mol. The molecule has 21 heavy (non-hydrogen) atoms. The molecule has 1 atom stereocenters. The Morgan fingerprint density at radius 2 is 2.24 bits per heavy atom. The van der Waals surface area contributed by atoms with Gasteiger partial charge in [0.25, 0.3) is 0 Å². The minimum absolute atomic E-state index is 0.104. The van der Waals surface area contributed by atoms with Crippen LogP contribution in [0.3, 0.4) is 0 Å². The number of benzene rings is 1. The standard InChI is InChI=1S/C16H23BrN2O2/c1-3-21-15-7-4-13(17)9-12(15)10-19(14-5-6-14)16(20)8-11(2)18/h4,7,9,11,14H,3,5-6,8,10,18H2,1-2H3. The lowest BCUT2D eigenvalue weighted by molar-refractivity contribution is -0.132. The molecule has 4 nitrogen and oxygen atoms in total. The highest BCUT2D eigenvalue weighted by molar-refractivity contribution is 9.10. The van der Waals surface area contributed by atoms with E-state index in [0.29, 0.717) is 25.6 Å². The monoisotopic (exact) mass is 354 g/mol. The average molecular weight is 355 g/mol. The fourth-order valence-corrected chi connectivity index (χ4v) is 2.76. The summed E-state index contributed by atoms with van der Waals surface area (Å²) in [6.45, 7) is 5.04. The maximum absolute atomic E-state index is 12.4. The summed E-state index contributed by atoms with van der Waals surface area (Å²) in [5.41, 5.74) is 6.81. The van der Waals surface area contributed by atoms with Crippen molar-refractivity contribution in [2.75, 3.05) is 6.61 Å². The van der Waals surface area contributed by atoms with Crippen LogP contribution >= 0.6 is 15.9 Å². The molecule has 0 spiro atoms. The second-order valence-electron chi connectivity index (χ2n) is 5.62. The lowest BCUT2D eigenvalue weighted by Crippen LogP contribution is -2.36. The molecular weight excluding hydrogens is 332 g/mol. The lowest BCUT2D eigenvalue weighted by Gasteiger charge is -2.24. The Bertz CT molecular complexity index is 501. The van der Waals surface area contributed by atoms with Gasteiger partial charge >= 0.3 is 0 Å². The molecule has 0 saturated heterocycles. The first-order valence-electron chi connectivity index (χ1n) is 7.47. The highest BCUT2D eigenvalue weighted by Gasteiger charge is 2.33. The third-order valence-electron chi connectivity index (χ3n) is 3.47. The number of carbonyl (C=O) groups excluding carboxylic acids is 1. The molecule has 0 aromatic heterocycles. The quantitative estimate of drug-likeness (QED) is 0.818. The maximum Gasteiger partial charge on any atom is 0.224 e. The summed E-state index contributed by atoms with van der Waals surface area (Å²) >= 11 is 3.49. The molecule has 1 aromatic rings. The fourth-order valence-electron chi connectivity index (χ4n) is 2.35. The van der Waals surface area contributed by atoms with Gasteiger partial charge in [0.2, 0.25) is 5.91 Å². The Morgan fingerprint density at radius 1 is 1.52 bits per heavy atom. The molecule has 1 aliphatic rings. The van der Waals surface area contributed by atoms with Crippen LogP contribution in [0.4, 0.5) is 0 Å². The highest BCUT2D eigenvalue weighted by atomic mass is 79.9. The fraction of sp³-hybridized carbons (Fsp3) is 0.562. The molecule has 2 N–H and O–H groups in total. The van der Waals surface area contributed by atoms with Crippen molar-refractivity contribution >= 4 is 21.8 Å². The number of carbonyl (C=O) groups is 1. The second-order valence-corrected chi connectivity index (χ2v) is 6.53. The summed E-state index contributed by atoms with van der Waals surface area (Å²) in [5, 5.41) is 0. The van der Waals surface area contributed by atoms with Crippen molar-refractivity contribution in [2.24, 2.45) is 5.73 Å². The van der Waals surface area contributed by atoms with Crippen LogP contribution in [-0.2, 0) is 11.3 Å². The molecular formula is C16H23BrN2O2. The van der Waals surface area contributed by atoms with E-state index in [-0.39, 0.29) is 11.9 Å². The van der Waals surface area contributed by atoms with Gasteiger partial charge in [0.05, 0.1) is 6.61 Å². The first-order chi connectivity index (χ1) is 10.0. The summed E-state index contributed by atoms with van der Waals surface area (Å²) in [7, 11) is 0. The Balaban J connectivity index is 2.16. The van der Waals surface area contributed by atoms with Crippen LogP contribution in [0.5, 0.6) is 5.75 Å². The van der Waals surface area contributed by atoms with E-state index in [9.17, 15) is 4.79 Å². The van der Waals surface area contributed by atoms with Gasteiger partial charge < -0.3 is 15.4 Å². The van der Waals surface area contributed by atoms with E-state index in [4.69, 9.17) is 10.5 Å². The zero-order valence-corrected chi connectivity index (χ0v) is 14.2. The van der Waals surface area contributed by atoms with E-state index in [0.717, 1.165) is 28.6 Å². The second kappa shape index (κ2) is 7.27. The SMILES string of the molecule is CCOc1ccc(Br)cc1CN(C(=O)CC(C)N)C1CC1. The van der Waals surface area contributed by atoms with E-state index >= 15 is 0 Å². The average Bonchev–Trinajstić information content (AvgIpc) is 3.22. The van der Waals surface area contributed by atoms with Crippen molar-refractivity contribution < 1.29 is 9.53 Å². The lowest BCUT2D eigenvalue weighted by atomic mass is 10.1. The molecule has 2 rings (SSSR count). The van der Waals surface area contributed by atoms with Gasteiger partial charge in [-0.25, -0.2) is 0 Å². The molecule has 1 fully saturated rings. The first-order valence-corrected chi connectivity index (χ1v) is 8.26. The summed E-state index contributed by atoms with van der Waals surface area (Å²) < 4.78 is 6.67. The van der Waals surface area contributed by atoms with Gasteiger partial charge in [0.15, 0.2) is 0 Å². The topological polar surface area (TPSA) is 55.6 Å². The largest absolute Gasteiger partial charge is 0.494 e. The summed E-state index contributed by atoms with van der Waals surface area (Å²) in [6, 6.07) is 6.20. The minimum atomic E-state index is -0.104. The van der Waals surface area contributed by atoms with Crippen molar-refractivity contribution in [1.82, 2.24) is 4.90 Å². The molecule has 1 saturated carbocycles. The van der Waals surface area contributed by atoms with E-state index in [1.807, 2.05) is 36.9 Å². The van der Waals surface area contributed by atoms with Gasteiger partial charge in [-0.15, -0.1) is 0 Å². The number of nitrogens with two attached hydrogens (primary N) is 1. The Morgan fingerprint density at radius 3 is 2.81 bits per heavy atom. The van der Waals surface area contributed by atoms with Crippen molar-refractivity contribution in [3.8, 4) is 5.75 Å². The Labute approximate surface area is 134 Å². The number of ether oxygens (including phenoxy) is 1. The zero-order valence-electron chi connectivity index (χ0n) is 12.6. The number of hydrogen-bond donors (Lipinski definition) is 1. The highest BCUT2D eigenvalue weighted by Crippen LogP contribution is 2.32. The summed E-state index contributed by atoms with van der Waals surface area (Å²) in [4.78, 5) is 14.3. The summed E-state index contributed by atoms with van der Waals surface area (Å²) in [6.07, 6.45) is 2.57. The molecule has 5 heteroatoms. The van der Waals surface area contributed by atoms with Crippen molar-refractivity contribution in [2.45, 2.75) is 51.7 Å². The van der Waals surface area contributed by atoms with Crippen LogP contribution in [-0.4, -0.2) is 29.5 Å². The van der Waals surface area contributed by atoms with Crippen molar-refractivity contribution in [3.63, 3.8) is 0 Å². The van der Waals surface area contributed by atoms with Gasteiger partial charge in [-0.1, -0.05) is 15.9 Å². The maximum atomic E-state index is 12.4. The molecule has 0 heterocycles. The number of hydrogen-bond acceptors (Lipinski definition) is 3. The molecule has 0 bridgehead atoms. The van der Waals surface area contributed by atoms with Gasteiger partial charge in [0, 0.05) is 35.1 Å². The third kappa shape index (κ3) is 4.71. The molecule has 1 unspecified atom stereocenters. The van der Waals surface area contributed by atoms with Crippen molar-refractivity contribution in [3.05, 3.63) is 28.2 Å². The van der Waals surface area contributed by atoms with Crippen LogP contribution in [0.1, 0.15) is 38.7 Å². The van der Waals surface area contributed by atoms with E-state index in [2.05, 4.69) is 15.9 Å². The van der Waals surface area contributed by atoms with Crippen LogP contribution in [0.2, 0.25) is 0 Å². The molecule has 1 aliphatic carbocycles. The summed E-state index contributed by atoms with van der Waals surface area (Å²) in [5.74, 6) is 0.981. The van der Waals surface area contributed by atoms with Crippen LogP contribution in [0, 0.1) is 0 Å². The normalized spacial score (nSPS) is 15.6. The van der Waals surface area contributed by atoms with Gasteiger partial charge in [-0.3, -0.25) is 4.79 Å². The Kier molecular flexibility index (Phi) is 5.65. The molecule has 0 radical (unpaired) electrons. The number of halogens is 1. The van der Waals surface area contributed by atoms with E-state index in [1.165, 1.54) is 0 Å². The molecule has 0 aliphatic heterocycles. The van der Waals surface area contributed by atoms with E-state index < -0.39 is 0 Å². The number of nitrogens with zero attached hydrogens (tertiary/aromatic N) is 1.